The van der Waals surface area contributed by atoms with Crippen LogP contribution in [0.2, 0.25) is 0 Å². The third-order valence-electron chi connectivity index (χ3n) is 5.27. The van der Waals surface area contributed by atoms with Crippen molar-refractivity contribution in [2.45, 2.75) is 37.1 Å². The summed E-state index contributed by atoms with van der Waals surface area (Å²) in [6, 6.07) is 14.4. The highest BCUT2D eigenvalue weighted by molar-refractivity contribution is 7.89. The molecule has 7 nitrogen and oxygen atoms in total. The van der Waals surface area contributed by atoms with E-state index in [9.17, 15) is 13.2 Å². The van der Waals surface area contributed by atoms with E-state index in [2.05, 4.69) is 10.6 Å². The Morgan fingerprint density at radius 3 is 2.47 bits per heavy atom. The highest BCUT2D eigenvalue weighted by Crippen LogP contribution is 2.30. The first-order valence-corrected chi connectivity index (χ1v) is 11.6. The van der Waals surface area contributed by atoms with Gasteiger partial charge in [0.1, 0.15) is 5.75 Å². The molecule has 1 aliphatic rings. The predicted molar refractivity (Wildman–Crippen MR) is 117 cm³/mol. The van der Waals surface area contributed by atoms with Gasteiger partial charge in [0.05, 0.1) is 24.2 Å². The average molecular weight is 432 g/mol. The number of hydrogen-bond acceptors (Lipinski definition) is 5. The summed E-state index contributed by atoms with van der Waals surface area (Å²) in [4.78, 5) is 12.6. The Morgan fingerprint density at radius 2 is 1.80 bits per heavy atom. The number of ether oxygens (including phenoxy) is 1. The Hall–Kier alpha value is -2.42. The lowest BCUT2D eigenvalue weighted by Crippen LogP contribution is -2.35. The first-order chi connectivity index (χ1) is 14.4. The molecule has 8 heteroatoms. The fraction of sp³-hybridized carbons (Fsp3) is 0.409. The van der Waals surface area contributed by atoms with Crippen molar-refractivity contribution >= 4 is 21.6 Å². The lowest BCUT2D eigenvalue weighted by molar-refractivity contribution is -0.115. The minimum atomic E-state index is -3.60. The molecule has 1 saturated heterocycles. The van der Waals surface area contributed by atoms with E-state index >= 15 is 0 Å². The Labute approximate surface area is 178 Å². The fourth-order valence-electron chi connectivity index (χ4n) is 3.50. The van der Waals surface area contributed by atoms with Crippen molar-refractivity contribution in [2.24, 2.45) is 0 Å². The minimum Gasteiger partial charge on any atom is -0.495 e. The molecule has 1 heterocycles. The van der Waals surface area contributed by atoms with Crippen LogP contribution in [0.3, 0.4) is 0 Å². The Balaban J connectivity index is 1.70. The summed E-state index contributed by atoms with van der Waals surface area (Å²) in [5.41, 5.74) is 1.42. The Morgan fingerprint density at radius 1 is 1.10 bits per heavy atom. The number of carbonyl (C=O) groups is 1. The molecule has 0 radical (unpaired) electrons. The molecule has 3 rings (SSSR count). The molecule has 1 fully saturated rings. The van der Waals surface area contributed by atoms with Crippen molar-refractivity contribution in [3.63, 3.8) is 0 Å². The van der Waals surface area contributed by atoms with Gasteiger partial charge in [-0.25, -0.2) is 8.42 Å². The molecule has 2 aromatic carbocycles. The van der Waals surface area contributed by atoms with Gasteiger partial charge in [-0.05, 0) is 43.5 Å². The molecule has 0 unspecified atom stereocenters. The van der Waals surface area contributed by atoms with Crippen LogP contribution in [-0.2, 0) is 14.8 Å². The van der Waals surface area contributed by atoms with Crippen LogP contribution in [-0.4, -0.2) is 45.4 Å². The number of methoxy groups -OCH3 is 1. The van der Waals surface area contributed by atoms with Crippen molar-refractivity contribution in [3.8, 4) is 5.75 Å². The standard InChI is InChI=1S/C22H29N3O4S/c1-17(18-9-5-3-6-10-18)23-16-22(26)24-20-15-19(11-12-21(20)29-2)30(27,28)25-13-7-4-8-14-25/h3,5-6,9-12,15,17,23H,4,7-8,13-14,16H2,1-2H3,(H,24,26)/t17-/m1/s1. The number of piperidine rings is 1. The van der Waals surface area contributed by atoms with Gasteiger partial charge in [-0.3, -0.25) is 4.79 Å². The number of amides is 1. The van der Waals surface area contributed by atoms with E-state index in [4.69, 9.17) is 4.74 Å². The zero-order chi connectivity index (χ0) is 21.6. The van der Waals surface area contributed by atoms with E-state index < -0.39 is 10.0 Å². The lowest BCUT2D eigenvalue weighted by atomic mass is 10.1. The van der Waals surface area contributed by atoms with E-state index in [1.54, 1.807) is 6.07 Å². The van der Waals surface area contributed by atoms with Crippen LogP contribution in [0.1, 0.15) is 37.8 Å². The van der Waals surface area contributed by atoms with Crippen molar-refractivity contribution in [3.05, 3.63) is 54.1 Å². The number of anilines is 1. The molecule has 2 aromatic rings. The van der Waals surface area contributed by atoms with Gasteiger partial charge in [0.15, 0.2) is 0 Å². The van der Waals surface area contributed by atoms with Gasteiger partial charge in [0.25, 0.3) is 0 Å². The minimum absolute atomic E-state index is 0.00431. The highest BCUT2D eigenvalue weighted by Gasteiger charge is 2.27. The normalized spacial score (nSPS) is 16.1. The summed E-state index contributed by atoms with van der Waals surface area (Å²) < 4.78 is 32.7. The first kappa shape index (κ1) is 22.3. The number of hydrogen-bond donors (Lipinski definition) is 2. The lowest BCUT2D eigenvalue weighted by Gasteiger charge is -2.26. The summed E-state index contributed by atoms with van der Waals surface area (Å²) in [6.45, 7) is 3.12. The van der Waals surface area contributed by atoms with E-state index in [0.29, 0.717) is 24.5 Å². The summed E-state index contributed by atoms with van der Waals surface area (Å²) in [5.74, 6) is 0.139. The smallest absolute Gasteiger partial charge is 0.243 e. The zero-order valence-electron chi connectivity index (χ0n) is 17.4. The number of nitrogens with one attached hydrogen (secondary N) is 2. The van der Waals surface area contributed by atoms with Crippen LogP contribution in [0.25, 0.3) is 0 Å². The molecule has 0 aromatic heterocycles. The van der Waals surface area contributed by atoms with Crippen LogP contribution in [0.15, 0.2) is 53.4 Å². The molecule has 30 heavy (non-hydrogen) atoms. The van der Waals surface area contributed by atoms with Crippen LogP contribution in [0.5, 0.6) is 5.75 Å². The summed E-state index contributed by atoms with van der Waals surface area (Å²) >= 11 is 0. The van der Waals surface area contributed by atoms with E-state index in [0.717, 1.165) is 24.8 Å². The van der Waals surface area contributed by atoms with Gasteiger partial charge < -0.3 is 15.4 Å². The van der Waals surface area contributed by atoms with Gasteiger partial charge in [0.2, 0.25) is 15.9 Å². The molecule has 1 aliphatic heterocycles. The largest absolute Gasteiger partial charge is 0.495 e. The topological polar surface area (TPSA) is 87.7 Å². The van der Waals surface area contributed by atoms with Gasteiger partial charge >= 0.3 is 0 Å². The van der Waals surface area contributed by atoms with Crippen LogP contribution >= 0.6 is 0 Å². The van der Waals surface area contributed by atoms with Crippen molar-refractivity contribution in [2.75, 3.05) is 32.1 Å². The molecular formula is C22H29N3O4S. The number of rotatable bonds is 8. The van der Waals surface area contributed by atoms with Gasteiger partial charge in [-0.15, -0.1) is 0 Å². The van der Waals surface area contributed by atoms with Crippen LogP contribution in [0, 0.1) is 0 Å². The number of nitrogens with zero attached hydrogens (tertiary/aromatic N) is 1. The molecule has 0 saturated carbocycles. The maximum Gasteiger partial charge on any atom is 0.243 e. The summed E-state index contributed by atoms with van der Waals surface area (Å²) in [6.07, 6.45) is 2.78. The van der Waals surface area contributed by atoms with Crippen LogP contribution in [0.4, 0.5) is 5.69 Å². The highest BCUT2D eigenvalue weighted by atomic mass is 32.2. The average Bonchev–Trinajstić information content (AvgIpc) is 2.78. The van der Waals surface area contributed by atoms with Crippen LogP contribution < -0.4 is 15.4 Å². The third-order valence-corrected chi connectivity index (χ3v) is 7.16. The van der Waals surface area contributed by atoms with Crippen molar-refractivity contribution < 1.29 is 17.9 Å². The van der Waals surface area contributed by atoms with E-state index in [-0.39, 0.29) is 23.4 Å². The second kappa shape index (κ2) is 10.1. The SMILES string of the molecule is COc1ccc(S(=O)(=O)N2CCCCC2)cc1NC(=O)CN[C@H](C)c1ccccc1. The molecule has 0 spiro atoms. The van der Waals surface area contributed by atoms with Gasteiger partial charge in [0, 0.05) is 19.1 Å². The third kappa shape index (κ3) is 5.38. The predicted octanol–water partition coefficient (Wildman–Crippen LogP) is 3.16. The number of benzene rings is 2. The fourth-order valence-corrected chi connectivity index (χ4v) is 5.04. The Kier molecular flexibility index (Phi) is 7.47. The number of sulfonamides is 1. The molecule has 1 amide bonds. The molecule has 162 valence electrons. The molecule has 0 bridgehead atoms. The second-order valence-corrected chi connectivity index (χ2v) is 9.33. The molecule has 1 atom stereocenters. The Bertz CT molecular complexity index is 958. The summed E-state index contributed by atoms with van der Waals surface area (Å²) in [7, 11) is -2.11. The number of carbonyl (C=O) groups excluding carboxylic acids is 1. The van der Waals surface area contributed by atoms with Crippen molar-refractivity contribution in [1.82, 2.24) is 9.62 Å². The molecule has 2 N–H and O–H groups in total. The monoisotopic (exact) mass is 431 g/mol. The zero-order valence-corrected chi connectivity index (χ0v) is 18.2. The van der Waals surface area contributed by atoms with Gasteiger partial charge in [-0.2, -0.15) is 4.31 Å². The maximum absolute atomic E-state index is 13.0. The maximum atomic E-state index is 13.0. The first-order valence-electron chi connectivity index (χ1n) is 10.2. The summed E-state index contributed by atoms with van der Waals surface area (Å²) in [5, 5.41) is 5.95. The van der Waals surface area contributed by atoms with E-state index in [1.807, 2.05) is 37.3 Å². The second-order valence-electron chi connectivity index (χ2n) is 7.39. The van der Waals surface area contributed by atoms with Crippen molar-refractivity contribution in [1.29, 1.82) is 0 Å². The molecular weight excluding hydrogens is 402 g/mol. The quantitative estimate of drug-likeness (QED) is 0.670. The van der Waals surface area contributed by atoms with E-state index in [1.165, 1.54) is 23.5 Å². The van der Waals surface area contributed by atoms with Gasteiger partial charge in [-0.1, -0.05) is 36.8 Å². The molecule has 0 aliphatic carbocycles.